The highest BCUT2D eigenvalue weighted by atomic mass is 32.2. The number of nitrogens with zero attached hydrogens (tertiary/aromatic N) is 1. The van der Waals surface area contributed by atoms with Crippen LogP contribution in [0, 0.1) is 0 Å². The molecule has 1 amide bonds. The summed E-state index contributed by atoms with van der Waals surface area (Å²) in [6, 6.07) is 7.59. The minimum Gasteiger partial charge on any atom is -0.356 e. The van der Waals surface area contributed by atoms with Crippen LogP contribution < -0.4 is 10.6 Å². The highest BCUT2D eigenvalue weighted by molar-refractivity contribution is 8.15. The third kappa shape index (κ3) is 5.23. The van der Waals surface area contributed by atoms with Gasteiger partial charge in [-0.1, -0.05) is 43.7 Å². The fourth-order valence-electron chi connectivity index (χ4n) is 3.10. The molecule has 3 rings (SSSR count). The Balaban J connectivity index is 1.47. The molecule has 6 nitrogen and oxygen atoms in total. The quantitative estimate of drug-likeness (QED) is 0.691. The van der Waals surface area contributed by atoms with E-state index in [0.717, 1.165) is 42.2 Å². The lowest BCUT2D eigenvalue weighted by atomic mass is 10.1. The molecule has 2 atom stereocenters. The van der Waals surface area contributed by atoms with E-state index in [1.165, 1.54) is 11.8 Å². The molecule has 26 heavy (non-hydrogen) atoms. The number of carbonyl (C=O) groups excluding carboxylic acids is 1. The first-order chi connectivity index (χ1) is 12.4. The Labute approximate surface area is 159 Å². The van der Waals surface area contributed by atoms with Crippen LogP contribution in [0.2, 0.25) is 0 Å². The lowest BCUT2D eigenvalue weighted by Crippen LogP contribution is -2.26. The zero-order valence-corrected chi connectivity index (χ0v) is 16.5. The van der Waals surface area contributed by atoms with Gasteiger partial charge in [0.1, 0.15) is 0 Å². The van der Waals surface area contributed by atoms with Gasteiger partial charge in [0.2, 0.25) is 5.91 Å². The molecule has 2 N–H and O–H groups in total. The van der Waals surface area contributed by atoms with E-state index in [1.807, 2.05) is 24.3 Å². The van der Waals surface area contributed by atoms with E-state index in [9.17, 15) is 13.2 Å². The summed E-state index contributed by atoms with van der Waals surface area (Å²) in [6.07, 6.45) is 3.68. The maximum Gasteiger partial charge on any atom is 0.224 e. The zero-order chi connectivity index (χ0) is 18.6. The standard InChI is InChI=1S/C18H25N3O3S2/c1-2-3-4-9-19-17(22)10-13-5-7-14(8-6-13)20-18-21-15-11-26(23,24)12-16(15)25-18/h5-8,15-16H,2-4,9-12H2,1H3,(H,19,22)(H,20,21)/t15-,16-/m0/s1. The summed E-state index contributed by atoms with van der Waals surface area (Å²) in [5.41, 5.74) is 1.86. The maximum atomic E-state index is 11.9. The van der Waals surface area contributed by atoms with E-state index in [2.05, 4.69) is 22.5 Å². The van der Waals surface area contributed by atoms with E-state index in [-0.39, 0.29) is 28.7 Å². The van der Waals surface area contributed by atoms with Gasteiger partial charge >= 0.3 is 0 Å². The molecule has 0 bridgehead atoms. The number of hydrogen-bond donors (Lipinski definition) is 2. The van der Waals surface area contributed by atoms with Crippen molar-refractivity contribution in [3.63, 3.8) is 0 Å². The third-order valence-corrected chi connectivity index (χ3v) is 7.63. The Hall–Kier alpha value is -1.54. The summed E-state index contributed by atoms with van der Waals surface area (Å²) in [4.78, 5) is 16.4. The number of rotatable bonds is 7. The fourth-order valence-corrected chi connectivity index (χ4v) is 6.77. The van der Waals surface area contributed by atoms with Crippen molar-refractivity contribution < 1.29 is 13.2 Å². The smallest absolute Gasteiger partial charge is 0.224 e. The first-order valence-corrected chi connectivity index (χ1v) is 11.7. The van der Waals surface area contributed by atoms with Crippen molar-refractivity contribution in [1.82, 2.24) is 5.32 Å². The Kier molecular flexibility index (Phi) is 6.24. The molecule has 2 aliphatic heterocycles. The largest absolute Gasteiger partial charge is 0.356 e. The van der Waals surface area contributed by atoms with Crippen molar-refractivity contribution in [2.45, 2.75) is 43.9 Å². The number of unbranched alkanes of at least 4 members (excludes halogenated alkanes) is 2. The van der Waals surface area contributed by atoms with Gasteiger partial charge in [-0.2, -0.15) is 0 Å². The van der Waals surface area contributed by atoms with E-state index in [4.69, 9.17) is 0 Å². The van der Waals surface area contributed by atoms with Crippen LogP contribution in [0.3, 0.4) is 0 Å². The lowest BCUT2D eigenvalue weighted by molar-refractivity contribution is -0.120. The molecule has 0 unspecified atom stereocenters. The number of benzene rings is 1. The van der Waals surface area contributed by atoms with Gasteiger partial charge in [-0.05, 0) is 24.1 Å². The number of amidine groups is 1. The van der Waals surface area contributed by atoms with Crippen LogP contribution in [0.5, 0.6) is 0 Å². The molecule has 2 heterocycles. The molecule has 0 saturated carbocycles. The molecular formula is C18H25N3O3S2. The molecule has 1 aromatic carbocycles. The van der Waals surface area contributed by atoms with Gasteiger partial charge in [-0.15, -0.1) is 0 Å². The van der Waals surface area contributed by atoms with Crippen LogP contribution in [-0.4, -0.2) is 48.8 Å². The van der Waals surface area contributed by atoms with Gasteiger partial charge in [-0.25, -0.2) is 8.42 Å². The molecule has 1 fully saturated rings. The molecule has 2 aliphatic rings. The van der Waals surface area contributed by atoms with Crippen molar-refractivity contribution in [3.05, 3.63) is 29.8 Å². The molecule has 1 aromatic rings. The molecule has 0 aliphatic carbocycles. The van der Waals surface area contributed by atoms with E-state index in [0.29, 0.717) is 6.42 Å². The number of hydrogen-bond acceptors (Lipinski definition) is 6. The summed E-state index contributed by atoms with van der Waals surface area (Å²) in [7, 11) is -2.92. The number of anilines is 1. The number of sulfone groups is 1. The minimum absolute atomic E-state index is 0.0400. The van der Waals surface area contributed by atoms with Crippen LogP contribution in [0.1, 0.15) is 31.7 Å². The topological polar surface area (TPSA) is 87.6 Å². The highest BCUT2D eigenvalue weighted by Gasteiger charge is 2.42. The van der Waals surface area contributed by atoms with Crippen molar-refractivity contribution >= 4 is 38.4 Å². The number of carbonyl (C=O) groups is 1. The Morgan fingerprint density at radius 2 is 2.00 bits per heavy atom. The first kappa shape index (κ1) is 19.2. The molecule has 0 spiro atoms. The number of aliphatic imine (C=N–C) groups is 1. The Morgan fingerprint density at radius 3 is 2.69 bits per heavy atom. The molecule has 0 radical (unpaired) electrons. The van der Waals surface area contributed by atoms with Crippen molar-refractivity contribution in [2.75, 3.05) is 23.4 Å². The van der Waals surface area contributed by atoms with Gasteiger partial charge in [0.05, 0.1) is 24.0 Å². The predicted molar refractivity (Wildman–Crippen MR) is 108 cm³/mol. The van der Waals surface area contributed by atoms with Crippen molar-refractivity contribution in [3.8, 4) is 0 Å². The van der Waals surface area contributed by atoms with Crippen molar-refractivity contribution in [2.24, 2.45) is 4.99 Å². The normalized spacial score (nSPS) is 23.3. The lowest BCUT2D eigenvalue weighted by Gasteiger charge is -2.08. The second kappa shape index (κ2) is 8.43. The van der Waals surface area contributed by atoms with E-state index in [1.54, 1.807) is 0 Å². The molecule has 142 valence electrons. The van der Waals surface area contributed by atoms with Crippen molar-refractivity contribution in [1.29, 1.82) is 0 Å². The molecule has 0 aromatic heterocycles. The summed E-state index contributed by atoms with van der Waals surface area (Å²) >= 11 is 1.50. The van der Waals surface area contributed by atoms with Gasteiger partial charge < -0.3 is 10.6 Å². The highest BCUT2D eigenvalue weighted by Crippen LogP contribution is 2.34. The summed E-state index contributed by atoms with van der Waals surface area (Å²) in [6.45, 7) is 2.88. The Bertz CT molecular complexity index is 775. The van der Waals surface area contributed by atoms with Gasteiger partial charge in [0.25, 0.3) is 0 Å². The summed E-state index contributed by atoms with van der Waals surface area (Å²) < 4.78 is 23.2. The SMILES string of the molecule is CCCCCNC(=O)Cc1ccc(NC2=N[C@H]3CS(=O)(=O)C[C@@H]3S2)cc1. The van der Waals surface area contributed by atoms with Crippen LogP contribution in [0.25, 0.3) is 0 Å². The average molecular weight is 396 g/mol. The predicted octanol–water partition coefficient (Wildman–Crippen LogP) is 2.22. The minimum atomic E-state index is -2.92. The van der Waals surface area contributed by atoms with E-state index >= 15 is 0 Å². The fraction of sp³-hybridized carbons (Fsp3) is 0.556. The first-order valence-electron chi connectivity index (χ1n) is 9.03. The van der Waals surface area contributed by atoms with Gasteiger partial charge in [-0.3, -0.25) is 9.79 Å². The summed E-state index contributed by atoms with van der Waals surface area (Å²) in [5, 5.41) is 7.00. The second-order valence-electron chi connectivity index (χ2n) is 6.79. The van der Waals surface area contributed by atoms with Crippen LogP contribution in [-0.2, 0) is 21.1 Å². The van der Waals surface area contributed by atoms with Crippen LogP contribution in [0.15, 0.2) is 29.3 Å². The number of thioether (sulfide) groups is 1. The summed E-state index contributed by atoms with van der Waals surface area (Å²) in [5.74, 6) is 0.414. The monoisotopic (exact) mass is 395 g/mol. The zero-order valence-electron chi connectivity index (χ0n) is 14.9. The van der Waals surface area contributed by atoms with Crippen LogP contribution in [0.4, 0.5) is 5.69 Å². The molecule has 1 saturated heterocycles. The molecule has 8 heteroatoms. The van der Waals surface area contributed by atoms with Gasteiger partial charge in [0, 0.05) is 17.5 Å². The average Bonchev–Trinajstić information content (AvgIpc) is 3.06. The van der Waals surface area contributed by atoms with Crippen LogP contribution >= 0.6 is 11.8 Å². The third-order valence-electron chi connectivity index (χ3n) is 4.49. The number of fused-ring (bicyclic) bond motifs is 1. The van der Waals surface area contributed by atoms with Gasteiger partial charge in [0.15, 0.2) is 15.0 Å². The van der Waals surface area contributed by atoms with E-state index < -0.39 is 9.84 Å². The second-order valence-corrected chi connectivity index (χ2v) is 10.2. The maximum absolute atomic E-state index is 11.9. The Morgan fingerprint density at radius 1 is 1.23 bits per heavy atom. The molecular weight excluding hydrogens is 370 g/mol. The number of nitrogens with one attached hydrogen (secondary N) is 2. The number of amides is 1.